The number of carbonyl (C=O) groups is 1. The Morgan fingerprint density at radius 1 is 0.515 bits per heavy atom. The predicted molar refractivity (Wildman–Crippen MR) is 293 cm³/mol. The van der Waals surface area contributed by atoms with Gasteiger partial charge in [0.1, 0.15) is 13.2 Å². The first kappa shape index (κ1) is 66.5. The molecule has 3 unspecified atom stereocenters. The second kappa shape index (κ2) is 50.4. The van der Waals surface area contributed by atoms with Gasteiger partial charge in [-0.3, -0.25) is 9.36 Å². The predicted octanol–water partition coefficient (Wildman–Crippen LogP) is 16.9. The van der Waals surface area contributed by atoms with Gasteiger partial charge in [0.15, 0.2) is 0 Å². The van der Waals surface area contributed by atoms with E-state index in [0.29, 0.717) is 17.4 Å². The summed E-state index contributed by atoms with van der Waals surface area (Å²) in [5.41, 5.74) is 0. The fourth-order valence-electron chi connectivity index (χ4n) is 8.44. The lowest BCUT2D eigenvalue weighted by Crippen LogP contribution is -2.45. The molecule has 0 heterocycles. The van der Waals surface area contributed by atoms with Crippen LogP contribution in [-0.2, 0) is 18.4 Å². The highest BCUT2D eigenvalue weighted by Gasteiger charge is 2.23. The van der Waals surface area contributed by atoms with Gasteiger partial charge in [-0.05, 0) is 64.2 Å². The van der Waals surface area contributed by atoms with E-state index in [1.54, 1.807) is 6.08 Å². The molecule has 0 aliphatic carbocycles. The summed E-state index contributed by atoms with van der Waals surface area (Å²) in [5, 5.41) is 13.9. The van der Waals surface area contributed by atoms with Crippen LogP contribution >= 0.6 is 7.82 Å². The molecule has 0 saturated heterocycles. The molecule has 400 valence electrons. The Balaban J connectivity index is 4.26. The van der Waals surface area contributed by atoms with Crippen LogP contribution in [0.3, 0.4) is 0 Å². The zero-order valence-electron chi connectivity index (χ0n) is 45.6. The molecule has 0 aromatic heterocycles. The molecule has 0 rings (SSSR count). The number of allylic oxidation sites excluding steroid dienone is 7. The second-order valence-corrected chi connectivity index (χ2v) is 22.4. The number of quaternary nitrogens is 1. The topological polar surface area (TPSA) is 108 Å². The van der Waals surface area contributed by atoms with Crippen molar-refractivity contribution in [2.75, 3.05) is 40.9 Å². The molecule has 2 N–H and O–H groups in total. The zero-order valence-corrected chi connectivity index (χ0v) is 46.5. The van der Waals surface area contributed by atoms with Crippen LogP contribution in [0, 0.1) is 0 Å². The van der Waals surface area contributed by atoms with E-state index in [1.165, 1.54) is 205 Å². The molecule has 0 bridgehead atoms. The zero-order chi connectivity index (χ0) is 49.9. The summed E-state index contributed by atoms with van der Waals surface area (Å²) in [5.74, 6) is -0.210. The maximum absolute atomic E-state index is 13.0. The Bertz CT molecular complexity index is 1250. The molecule has 1 amide bonds. The number of hydrogen-bond acceptors (Lipinski definition) is 6. The molecule has 68 heavy (non-hydrogen) atoms. The quantitative estimate of drug-likeness (QED) is 0.0272. The molecule has 0 spiro atoms. The summed E-state index contributed by atoms with van der Waals surface area (Å²) in [6.45, 7) is 4.65. The van der Waals surface area contributed by atoms with E-state index in [2.05, 4.69) is 55.6 Å². The number of phosphoric ester groups is 1. The SMILES string of the molecule is CCCCCCCCCCC/C=C\C/C=C\CCCCCCCCCCCC(=O)NC(COP(=O)([O-])OCC[N+](C)(C)C)C(O)/C=C/CC/C=C/CCCCCCCCCCCCCCCCC. The molecule has 0 aliphatic heterocycles. The van der Waals surface area contributed by atoms with E-state index in [1.807, 2.05) is 27.2 Å². The van der Waals surface area contributed by atoms with Crippen molar-refractivity contribution in [3.63, 3.8) is 0 Å². The minimum Gasteiger partial charge on any atom is -0.756 e. The number of rotatable bonds is 53. The minimum atomic E-state index is -4.61. The fraction of sp³-hybridized carbons (Fsp3) is 0.847. The summed E-state index contributed by atoms with van der Waals surface area (Å²) in [7, 11) is 1.24. The lowest BCUT2D eigenvalue weighted by molar-refractivity contribution is -0.870. The molecule has 0 radical (unpaired) electrons. The van der Waals surface area contributed by atoms with E-state index in [0.717, 1.165) is 44.9 Å². The van der Waals surface area contributed by atoms with Gasteiger partial charge in [-0.15, -0.1) is 0 Å². The van der Waals surface area contributed by atoms with Crippen LogP contribution < -0.4 is 10.2 Å². The van der Waals surface area contributed by atoms with Gasteiger partial charge in [-0.1, -0.05) is 249 Å². The van der Waals surface area contributed by atoms with Crippen LogP contribution in [-0.4, -0.2) is 68.5 Å². The largest absolute Gasteiger partial charge is 0.756 e. The maximum Gasteiger partial charge on any atom is 0.268 e. The summed E-state index contributed by atoms with van der Waals surface area (Å²) in [6, 6.07) is -0.907. The number of aliphatic hydroxyl groups excluding tert-OH is 1. The van der Waals surface area contributed by atoms with Crippen molar-refractivity contribution in [2.45, 2.75) is 283 Å². The Hall–Kier alpha value is -1.54. The molecule has 0 saturated carbocycles. The van der Waals surface area contributed by atoms with Crippen LogP contribution in [0.5, 0.6) is 0 Å². The number of amides is 1. The summed E-state index contributed by atoms with van der Waals surface area (Å²) >= 11 is 0. The highest BCUT2D eigenvalue weighted by Crippen LogP contribution is 2.38. The Labute approximate surface area is 422 Å². The Morgan fingerprint density at radius 2 is 0.868 bits per heavy atom. The second-order valence-electron chi connectivity index (χ2n) is 21.0. The van der Waals surface area contributed by atoms with Crippen molar-refractivity contribution in [3.8, 4) is 0 Å². The Kier molecular flexibility index (Phi) is 49.3. The average molecular weight is 978 g/mol. The van der Waals surface area contributed by atoms with Gasteiger partial charge >= 0.3 is 0 Å². The first-order valence-corrected chi connectivity index (χ1v) is 30.5. The maximum atomic E-state index is 13.0. The summed E-state index contributed by atoms with van der Waals surface area (Å²) in [6.07, 6.45) is 66.2. The molecular weight excluding hydrogens is 864 g/mol. The van der Waals surface area contributed by atoms with Gasteiger partial charge in [0.05, 0.1) is 39.9 Å². The van der Waals surface area contributed by atoms with Gasteiger partial charge in [0, 0.05) is 6.42 Å². The number of carbonyl (C=O) groups excluding carboxylic acids is 1. The van der Waals surface area contributed by atoms with Crippen LogP contribution in [0.2, 0.25) is 0 Å². The number of hydrogen-bond donors (Lipinski definition) is 2. The molecular formula is C59H113N2O6P. The van der Waals surface area contributed by atoms with Crippen molar-refractivity contribution < 1.29 is 32.9 Å². The number of phosphoric acid groups is 1. The van der Waals surface area contributed by atoms with E-state index in [4.69, 9.17) is 9.05 Å². The number of unbranched alkanes of at least 4 members (excludes halogenated alkanes) is 34. The van der Waals surface area contributed by atoms with E-state index in [-0.39, 0.29) is 12.5 Å². The third-order valence-electron chi connectivity index (χ3n) is 13.0. The number of nitrogens with one attached hydrogen (secondary N) is 1. The van der Waals surface area contributed by atoms with E-state index >= 15 is 0 Å². The van der Waals surface area contributed by atoms with Crippen molar-refractivity contribution in [1.82, 2.24) is 5.32 Å². The highest BCUT2D eigenvalue weighted by molar-refractivity contribution is 7.45. The van der Waals surface area contributed by atoms with Crippen molar-refractivity contribution in [3.05, 3.63) is 48.6 Å². The van der Waals surface area contributed by atoms with Crippen LogP contribution in [0.15, 0.2) is 48.6 Å². The molecule has 0 fully saturated rings. The molecule has 0 aromatic rings. The average Bonchev–Trinajstić information content (AvgIpc) is 3.30. The molecule has 9 heteroatoms. The van der Waals surface area contributed by atoms with Crippen molar-refractivity contribution in [2.24, 2.45) is 0 Å². The van der Waals surface area contributed by atoms with Gasteiger partial charge in [-0.25, -0.2) is 0 Å². The monoisotopic (exact) mass is 977 g/mol. The smallest absolute Gasteiger partial charge is 0.268 e. The van der Waals surface area contributed by atoms with Crippen molar-refractivity contribution >= 4 is 13.7 Å². The van der Waals surface area contributed by atoms with Crippen LogP contribution in [0.25, 0.3) is 0 Å². The third-order valence-corrected chi connectivity index (χ3v) is 14.0. The first-order chi connectivity index (χ1) is 33.0. The highest BCUT2D eigenvalue weighted by atomic mass is 31.2. The Morgan fingerprint density at radius 3 is 1.28 bits per heavy atom. The van der Waals surface area contributed by atoms with Gasteiger partial charge in [0.2, 0.25) is 5.91 Å². The van der Waals surface area contributed by atoms with E-state index < -0.39 is 26.6 Å². The molecule has 3 atom stereocenters. The lowest BCUT2D eigenvalue weighted by atomic mass is 10.0. The fourth-order valence-corrected chi connectivity index (χ4v) is 9.16. The van der Waals surface area contributed by atoms with Crippen LogP contribution in [0.4, 0.5) is 0 Å². The van der Waals surface area contributed by atoms with Gasteiger partial charge in [0.25, 0.3) is 7.82 Å². The third kappa shape index (κ3) is 52.3. The molecule has 0 aliphatic rings. The summed E-state index contributed by atoms with van der Waals surface area (Å²) in [4.78, 5) is 25.5. The normalized spacial score (nSPS) is 14.3. The van der Waals surface area contributed by atoms with Crippen LogP contribution in [0.1, 0.15) is 271 Å². The van der Waals surface area contributed by atoms with E-state index in [9.17, 15) is 19.4 Å². The lowest BCUT2D eigenvalue weighted by Gasteiger charge is -2.29. The number of likely N-dealkylation sites (N-methyl/N-ethyl adjacent to an activating group) is 1. The van der Waals surface area contributed by atoms with Crippen molar-refractivity contribution in [1.29, 1.82) is 0 Å². The molecule has 8 nitrogen and oxygen atoms in total. The van der Waals surface area contributed by atoms with Gasteiger partial charge < -0.3 is 28.8 Å². The first-order valence-electron chi connectivity index (χ1n) is 29.0. The van der Waals surface area contributed by atoms with Gasteiger partial charge in [-0.2, -0.15) is 0 Å². The molecule has 0 aromatic carbocycles. The standard InChI is InChI=1S/C59H113N2O6P/c1-6-8-10-12-14-16-18-20-22-24-26-28-29-30-31-33-35-37-39-41-43-45-47-49-51-53-59(63)60-57(56-67-68(64,65)66-55-54-61(3,4)5)58(62)52-50-48-46-44-42-40-38-36-34-32-27-25-23-21-19-17-15-13-11-9-7-2/h26,28,30-31,42,44,50,52,57-58,62H,6-25,27,29,32-41,43,45-49,51,53-56H2,1-5H3,(H-,60,63,64,65)/b28-26-,31-30-,44-42+,52-50+. The minimum absolute atomic E-state index is 0.00786. The number of aliphatic hydroxyl groups is 1. The number of nitrogens with zero attached hydrogens (tertiary/aromatic N) is 1. The summed E-state index contributed by atoms with van der Waals surface area (Å²) < 4.78 is 23.3.